The number of guanidine groups is 1. The van der Waals surface area contributed by atoms with Crippen LogP contribution in [-0.4, -0.2) is 48.6 Å². The lowest BCUT2D eigenvalue weighted by atomic mass is 10.2. The summed E-state index contributed by atoms with van der Waals surface area (Å²) in [5, 5.41) is 11.2. The molecule has 1 aromatic heterocycles. The third kappa shape index (κ3) is 7.07. The molecule has 132 valence electrons. The van der Waals surface area contributed by atoms with Gasteiger partial charge < -0.3 is 15.4 Å². The van der Waals surface area contributed by atoms with Gasteiger partial charge in [-0.2, -0.15) is 5.10 Å². The van der Waals surface area contributed by atoms with E-state index in [1.807, 2.05) is 14.0 Å². The molecule has 7 heteroatoms. The van der Waals surface area contributed by atoms with Crippen molar-refractivity contribution in [2.24, 2.45) is 4.99 Å². The van der Waals surface area contributed by atoms with Crippen molar-refractivity contribution in [3.8, 4) is 0 Å². The van der Waals surface area contributed by atoms with Crippen LogP contribution in [0.3, 0.4) is 0 Å². The summed E-state index contributed by atoms with van der Waals surface area (Å²) in [4.78, 5) is 4.25. The molecule has 1 saturated heterocycles. The van der Waals surface area contributed by atoms with Gasteiger partial charge in [-0.3, -0.25) is 9.67 Å². The number of ether oxygens (including phenoxy) is 1. The summed E-state index contributed by atoms with van der Waals surface area (Å²) in [5.74, 6) is 0.867. The standard InChI is InChI=1S/C16H29N5O.HI/c1-13-12-14(2)21(20-13)10-5-8-18-16(17-3)19-9-7-15-6-4-11-22-15;/h12,15H,4-11H2,1-3H3,(H2,17,18,19);1H. The normalized spacial score (nSPS) is 17.9. The van der Waals surface area contributed by atoms with Crippen molar-refractivity contribution in [2.45, 2.75) is 52.2 Å². The lowest BCUT2D eigenvalue weighted by Crippen LogP contribution is -2.39. The molecule has 1 fully saturated rings. The molecule has 0 aromatic carbocycles. The van der Waals surface area contributed by atoms with E-state index in [9.17, 15) is 0 Å². The first-order valence-electron chi connectivity index (χ1n) is 8.26. The molecule has 1 aliphatic rings. The van der Waals surface area contributed by atoms with Crippen molar-refractivity contribution in [2.75, 3.05) is 26.7 Å². The Kier molecular flexibility index (Phi) is 9.54. The van der Waals surface area contributed by atoms with E-state index < -0.39 is 0 Å². The predicted octanol–water partition coefficient (Wildman–Crippen LogP) is 2.24. The summed E-state index contributed by atoms with van der Waals surface area (Å²) >= 11 is 0. The van der Waals surface area contributed by atoms with Gasteiger partial charge in [-0.25, -0.2) is 0 Å². The summed E-state index contributed by atoms with van der Waals surface area (Å²) in [6.07, 6.45) is 4.89. The zero-order chi connectivity index (χ0) is 15.8. The number of hydrogen-bond acceptors (Lipinski definition) is 3. The van der Waals surface area contributed by atoms with E-state index in [2.05, 4.69) is 38.4 Å². The first-order chi connectivity index (χ1) is 10.7. The molecule has 2 rings (SSSR count). The second kappa shape index (κ2) is 10.9. The van der Waals surface area contributed by atoms with Crippen LogP contribution in [0.1, 0.15) is 37.1 Å². The molecule has 1 unspecified atom stereocenters. The quantitative estimate of drug-likeness (QED) is 0.299. The van der Waals surface area contributed by atoms with Crippen LogP contribution in [0.4, 0.5) is 0 Å². The fraction of sp³-hybridized carbons (Fsp3) is 0.750. The maximum atomic E-state index is 5.62. The van der Waals surface area contributed by atoms with Crippen molar-refractivity contribution in [3.63, 3.8) is 0 Å². The Morgan fingerprint density at radius 1 is 1.39 bits per heavy atom. The number of rotatable bonds is 7. The minimum absolute atomic E-state index is 0. The van der Waals surface area contributed by atoms with E-state index in [0.29, 0.717) is 6.10 Å². The van der Waals surface area contributed by atoms with Gasteiger partial charge in [-0.15, -0.1) is 24.0 Å². The maximum Gasteiger partial charge on any atom is 0.190 e. The minimum Gasteiger partial charge on any atom is -0.378 e. The highest BCUT2D eigenvalue weighted by molar-refractivity contribution is 14.0. The molecule has 0 aliphatic carbocycles. The fourth-order valence-electron chi connectivity index (χ4n) is 2.78. The number of halogens is 1. The van der Waals surface area contributed by atoms with Crippen LogP contribution in [0.25, 0.3) is 0 Å². The summed E-state index contributed by atoms with van der Waals surface area (Å²) in [6, 6.07) is 2.11. The highest BCUT2D eigenvalue weighted by Crippen LogP contribution is 2.14. The number of aromatic nitrogens is 2. The second-order valence-corrected chi connectivity index (χ2v) is 5.85. The van der Waals surface area contributed by atoms with Gasteiger partial charge in [0.1, 0.15) is 0 Å². The highest BCUT2D eigenvalue weighted by Gasteiger charge is 2.14. The summed E-state index contributed by atoms with van der Waals surface area (Å²) in [6.45, 7) is 7.77. The van der Waals surface area contributed by atoms with E-state index in [1.54, 1.807) is 0 Å². The number of hydrogen-bond donors (Lipinski definition) is 2. The molecule has 0 radical (unpaired) electrons. The number of aryl methyl sites for hydroxylation is 3. The van der Waals surface area contributed by atoms with E-state index >= 15 is 0 Å². The van der Waals surface area contributed by atoms with Gasteiger partial charge in [0, 0.05) is 39.0 Å². The lowest BCUT2D eigenvalue weighted by Gasteiger charge is -2.14. The zero-order valence-corrected chi connectivity index (χ0v) is 16.8. The molecule has 1 aromatic rings. The SMILES string of the molecule is CN=C(NCCCn1nc(C)cc1C)NCCC1CCCO1.I. The van der Waals surface area contributed by atoms with Crippen LogP contribution >= 0.6 is 24.0 Å². The average molecular weight is 435 g/mol. The molecule has 1 aliphatic heterocycles. The Balaban J connectivity index is 0.00000264. The van der Waals surface area contributed by atoms with E-state index in [0.717, 1.165) is 50.7 Å². The molecule has 6 nitrogen and oxygen atoms in total. The van der Waals surface area contributed by atoms with Crippen LogP contribution in [0.2, 0.25) is 0 Å². The molecule has 2 heterocycles. The predicted molar refractivity (Wildman–Crippen MR) is 105 cm³/mol. The lowest BCUT2D eigenvalue weighted by molar-refractivity contribution is 0.105. The molecule has 0 spiro atoms. The van der Waals surface area contributed by atoms with Crippen molar-refractivity contribution in [1.82, 2.24) is 20.4 Å². The fourth-order valence-corrected chi connectivity index (χ4v) is 2.78. The number of nitrogens with one attached hydrogen (secondary N) is 2. The van der Waals surface area contributed by atoms with Crippen molar-refractivity contribution in [3.05, 3.63) is 17.5 Å². The van der Waals surface area contributed by atoms with Gasteiger partial charge in [0.05, 0.1) is 11.8 Å². The Hall–Kier alpha value is -0.830. The van der Waals surface area contributed by atoms with Gasteiger partial charge in [0.15, 0.2) is 5.96 Å². The van der Waals surface area contributed by atoms with Crippen molar-refractivity contribution >= 4 is 29.9 Å². The van der Waals surface area contributed by atoms with Crippen LogP contribution in [0.5, 0.6) is 0 Å². The van der Waals surface area contributed by atoms with Gasteiger partial charge in [0.2, 0.25) is 0 Å². The summed E-state index contributed by atoms with van der Waals surface area (Å²) in [7, 11) is 1.81. The van der Waals surface area contributed by atoms with Crippen LogP contribution in [0.15, 0.2) is 11.1 Å². The molecule has 1 atom stereocenters. The smallest absolute Gasteiger partial charge is 0.190 e. The largest absolute Gasteiger partial charge is 0.378 e. The van der Waals surface area contributed by atoms with Gasteiger partial charge >= 0.3 is 0 Å². The van der Waals surface area contributed by atoms with Crippen molar-refractivity contribution in [1.29, 1.82) is 0 Å². The molecule has 0 saturated carbocycles. The first-order valence-corrected chi connectivity index (χ1v) is 8.26. The Morgan fingerprint density at radius 3 is 2.78 bits per heavy atom. The highest BCUT2D eigenvalue weighted by atomic mass is 127. The Labute approximate surface area is 156 Å². The first kappa shape index (κ1) is 20.2. The average Bonchev–Trinajstić information content (AvgIpc) is 3.11. The second-order valence-electron chi connectivity index (χ2n) is 5.85. The van der Waals surface area contributed by atoms with Gasteiger partial charge in [-0.05, 0) is 45.6 Å². The number of nitrogens with zero attached hydrogens (tertiary/aromatic N) is 3. The summed E-state index contributed by atoms with van der Waals surface area (Å²) < 4.78 is 7.68. The zero-order valence-electron chi connectivity index (χ0n) is 14.5. The molecule has 0 amide bonds. The monoisotopic (exact) mass is 435 g/mol. The Morgan fingerprint density at radius 2 is 2.17 bits per heavy atom. The molecule has 0 bridgehead atoms. The maximum absolute atomic E-state index is 5.62. The van der Waals surface area contributed by atoms with Gasteiger partial charge in [-0.1, -0.05) is 0 Å². The Bertz CT molecular complexity index is 483. The van der Waals surface area contributed by atoms with Crippen molar-refractivity contribution < 1.29 is 4.74 Å². The molecule has 23 heavy (non-hydrogen) atoms. The van der Waals surface area contributed by atoms with E-state index in [1.165, 1.54) is 18.5 Å². The molecular formula is C16H30IN5O. The van der Waals surface area contributed by atoms with Gasteiger partial charge in [0.25, 0.3) is 0 Å². The third-order valence-corrected chi connectivity index (χ3v) is 3.95. The molecule has 2 N–H and O–H groups in total. The minimum atomic E-state index is 0. The van der Waals surface area contributed by atoms with E-state index in [4.69, 9.17) is 4.74 Å². The van der Waals surface area contributed by atoms with Crippen LogP contribution < -0.4 is 10.6 Å². The topological polar surface area (TPSA) is 63.5 Å². The van der Waals surface area contributed by atoms with Crippen LogP contribution in [-0.2, 0) is 11.3 Å². The van der Waals surface area contributed by atoms with E-state index in [-0.39, 0.29) is 24.0 Å². The van der Waals surface area contributed by atoms with Crippen LogP contribution in [0, 0.1) is 13.8 Å². The number of aliphatic imine (C=N–C) groups is 1. The summed E-state index contributed by atoms with van der Waals surface area (Å²) in [5.41, 5.74) is 2.30. The molecular weight excluding hydrogens is 405 g/mol. The third-order valence-electron chi connectivity index (χ3n) is 3.95.